The normalized spacial score (nSPS) is 12.1. The molecule has 0 radical (unpaired) electrons. The highest BCUT2D eigenvalue weighted by Crippen LogP contribution is 2.06. The Labute approximate surface area is 110 Å². The van der Waals surface area contributed by atoms with Crippen molar-refractivity contribution in [2.45, 2.75) is 19.5 Å². The molecule has 1 unspecified atom stereocenters. The van der Waals surface area contributed by atoms with E-state index in [0.717, 1.165) is 5.69 Å². The molecule has 1 aromatic heterocycles. The van der Waals surface area contributed by atoms with Crippen molar-refractivity contribution < 1.29 is 9.53 Å². The van der Waals surface area contributed by atoms with Crippen LogP contribution < -0.4 is 5.32 Å². The van der Waals surface area contributed by atoms with Crippen LogP contribution in [0.2, 0.25) is 0 Å². The highest BCUT2D eigenvalue weighted by atomic mass is 16.5. The maximum absolute atomic E-state index is 11.3. The molecule has 0 amide bonds. The van der Waals surface area contributed by atoms with Crippen LogP contribution in [0.25, 0.3) is 5.69 Å². The number of tetrazole rings is 1. The zero-order valence-corrected chi connectivity index (χ0v) is 10.8. The fourth-order valence-corrected chi connectivity index (χ4v) is 1.59. The summed E-state index contributed by atoms with van der Waals surface area (Å²) in [6, 6.07) is 9.14. The lowest BCUT2D eigenvalue weighted by molar-refractivity contribution is -0.142. The Hall–Kier alpha value is -2.28. The van der Waals surface area contributed by atoms with E-state index in [2.05, 4.69) is 25.6 Å². The number of esters is 1. The van der Waals surface area contributed by atoms with Gasteiger partial charge in [0.1, 0.15) is 6.04 Å². The predicted molar refractivity (Wildman–Crippen MR) is 67.5 cm³/mol. The van der Waals surface area contributed by atoms with Crippen LogP contribution in [0, 0.1) is 0 Å². The van der Waals surface area contributed by atoms with Crippen molar-refractivity contribution in [2.24, 2.45) is 0 Å². The van der Waals surface area contributed by atoms with Crippen LogP contribution in [-0.4, -0.2) is 39.3 Å². The van der Waals surface area contributed by atoms with E-state index in [0.29, 0.717) is 12.4 Å². The second-order valence-electron chi connectivity index (χ2n) is 3.97. The average molecular weight is 261 g/mol. The SMILES string of the molecule is COC(=O)C(C)NCc1nnnn1-c1ccccc1. The molecular formula is C12H15N5O2. The van der Waals surface area contributed by atoms with Crippen molar-refractivity contribution in [2.75, 3.05) is 7.11 Å². The van der Waals surface area contributed by atoms with Crippen molar-refractivity contribution >= 4 is 5.97 Å². The fraction of sp³-hybridized carbons (Fsp3) is 0.333. The second kappa shape index (κ2) is 6.05. The lowest BCUT2D eigenvalue weighted by Gasteiger charge is -2.11. The number of para-hydroxylation sites is 1. The molecule has 1 N–H and O–H groups in total. The second-order valence-corrected chi connectivity index (χ2v) is 3.97. The number of benzene rings is 1. The van der Waals surface area contributed by atoms with Crippen LogP contribution in [0.4, 0.5) is 0 Å². The van der Waals surface area contributed by atoms with Crippen molar-refractivity contribution in [1.82, 2.24) is 25.5 Å². The lowest BCUT2D eigenvalue weighted by atomic mass is 10.3. The van der Waals surface area contributed by atoms with Gasteiger partial charge in [0.15, 0.2) is 5.82 Å². The number of rotatable bonds is 5. The highest BCUT2D eigenvalue weighted by Gasteiger charge is 2.14. The van der Waals surface area contributed by atoms with Crippen LogP contribution in [0.1, 0.15) is 12.7 Å². The van der Waals surface area contributed by atoms with E-state index in [1.807, 2.05) is 30.3 Å². The molecular weight excluding hydrogens is 246 g/mol. The van der Waals surface area contributed by atoms with Crippen molar-refractivity contribution in [3.63, 3.8) is 0 Å². The predicted octanol–water partition coefficient (Wildman–Crippen LogP) is 0.313. The van der Waals surface area contributed by atoms with Gasteiger partial charge in [0.25, 0.3) is 0 Å². The van der Waals surface area contributed by atoms with E-state index in [1.54, 1.807) is 11.6 Å². The molecule has 2 rings (SSSR count). The van der Waals surface area contributed by atoms with Gasteiger partial charge in [-0.2, -0.15) is 4.68 Å². The molecule has 0 aliphatic carbocycles. The van der Waals surface area contributed by atoms with E-state index in [-0.39, 0.29) is 5.97 Å². The highest BCUT2D eigenvalue weighted by molar-refractivity contribution is 5.75. The molecule has 7 nitrogen and oxygen atoms in total. The molecule has 0 bridgehead atoms. The standard InChI is InChI=1S/C12H15N5O2/c1-9(12(18)19-2)13-8-11-14-15-16-17(11)10-6-4-3-5-7-10/h3-7,9,13H,8H2,1-2H3. The van der Waals surface area contributed by atoms with E-state index in [4.69, 9.17) is 0 Å². The largest absolute Gasteiger partial charge is 0.468 e. The summed E-state index contributed by atoms with van der Waals surface area (Å²) in [5.41, 5.74) is 0.870. The molecule has 0 saturated carbocycles. The molecule has 1 heterocycles. The molecule has 0 saturated heterocycles. The summed E-state index contributed by atoms with van der Waals surface area (Å²) in [7, 11) is 1.36. The summed E-state index contributed by atoms with van der Waals surface area (Å²) < 4.78 is 6.26. The van der Waals surface area contributed by atoms with Gasteiger partial charge in [0, 0.05) is 0 Å². The number of ether oxygens (including phenoxy) is 1. The summed E-state index contributed by atoms with van der Waals surface area (Å²) in [6.45, 7) is 2.10. The average Bonchev–Trinajstić information content (AvgIpc) is 2.93. The van der Waals surface area contributed by atoms with Crippen molar-refractivity contribution in [3.05, 3.63) is 36.2 Å². The van der Waals surface area contributed by atoms with Crippen LogP contribution in [0.3, 0.4) is 0 Å². The van der Waals surface area contributed by atoms with E-state index < -0.39 is 6.04 Å². The van der Waals surface area contributed by atoms with Gasteiger partial charge < -0.3 is 4.74 Å². The Balaban J connectivity index is 2.07. The van der Waals surface area contributed by atoms with Gasteiger partial charge >= 0.3 is 5.97 Å². The molecule has 19 heavy (non-hydrogen) atoms. The third-order valence-electron chi connectivity index (χ3n) is 2.66. The molecule has 0 fully saturated rings. The van der Waals surface area contributed by atoms with Gasteiger partial charge in [-0.15, -0.1) is 5.10 Å². The Morgan fingerprint density at radius 1 is 1.42 bits per heavy atom. The van der Waals surface area contributed by atoms with Crippen LogP contribution in [0.15, 0.2) is 30.3 Å². The van der Waals surface area contributed by atoms with Gasteiger partial charge in [0.2, 0.25) is 0 Å². The summed E-state index contributed by atoms with van der Waals surface area (Å²) in [4.78, 5) is 11.3. The molecule has 2 aromatic rings. The molecule has 0 spiro atoms. The first-order chi connectivity index (χ1) is 9.22. The fourth-order valence-electron chi connectivity index (χ4n) is 1.59. The van der Waals surface area contributed by atoms with Gasteiger partial charge in [-0.05, 0) is 29.5 Å². The summed E-state index contributed by atoms with van der Waals surface area (Å²) in [6.07, 6.45) is 0. The van der Waals surface area contributed by atoms with E-state index in [1.165, 1.54) is 7.11 Å². The number of nitrogens with one attached hydrogen (secondary N) is 1. The minimum Gasteiger partial charge on any atom is -0.468 e. The number of nitrogens with zero attached hydrogens (tertiary/aromatic N) is 4. The smallest absolute Gasteiger partial charge is 0.322 e. The quantitative estimate of drug-likeness (QED) is 0.780. The molecule has 0 aliphatic heterocycles. The summed E-state index contributed by atoms with van der Waals surface area (Å²) in [5.74, 6) is 0.306. The molecule has 1 aromatic carbocycles. The Bertz CT molecular complexity index is 540. The maximum atomic E-state index is 11.3. The van der Waals surface area contributed by atoms with Crippen LogP contribution in [-0.2, 0) is 16.1 Å². The first kappa shape index (κ1) is 13.2. The lowest BCUT2D eigenvalue weighted by Crippen LogP contribution is -2.35. The monoisotopic (exact) mass is 261 g/mol. The molecule has 100 valence electrons. The summed E-state index contributed by atoms with van der Waals surface area (Å²) in [5, 5.41) is 14.5. The Morgan fingerprint density at radius 3 is 2.84 bits per heavy atom. The number of carbonyl (C=O) groups is 1. The Morgan fingerprint density at radius 2 is 2.16 bits per heavy atom. The topological polar surface area (TPSA) is 81.9 Å². The third kappa shape index (κ3) is 3.14. The molecule has 1 atom stereocenters. The van der Waals surface area contributed by atoms with Crippen molar-refractivity contribution in [3.8, 4) is 5.69 Å². The van der Waals surface area contributed by atoms with E-state index in [9.17, 15) is 4.79 Å². The molecule has 0 aliphatic rings. The first-order valence-electron chi connectivity index (χ1n) is 5.86. The minimum atomic E-state index is -0.411. The summed E-state index contributed by atoms with van der Waals surface area (Å²) >= 11 is 0. The minimum absolute atomic E-state index is 0.321. The number of carbonyl (C=O) groups excluding carboxylic acids is 1. The van der Waals surface area contributed by atoms with Gasteiger partial charge in [-0.25, -0.2) is 0 Å². The van der Waals surface area contributed by atoms with Gasteiger partial charge in [-0.1, -0.05) is 18.2 Å². The van der Waals surface area contributed by atoms with Crippen LogP contribution >= 0.6 is 0 Å². The maximum Gasteiger partial charge on any atom is 0.322 e. The van der Waals surface area contributed by atoms with Crippen molar-refractivity contribution in [1.29, 1.82) is 0 Å². The van der Waals surface area contributed by atoms with E-state index >= 15 is 0 Å². The third-order valence-corrected chi connectivity index (χ3v) is 2.66. The van der Waals surface area contributed by atoms with Crippen LogP contribution in [0.5, 0.6) is 0 Å². The first-order valence-corrected chi connectivity index (χ1v) is 5.86. The number of aromatic nitrogens is 4. The van der Waals surface area contributed by atoms with Gasteiger partial charge in [-0.3, -0.25) is 10.1 Å². The van der Waals surface area contributed by atoms with Gasteiger partial charge in [0.05, 0.1) is 19.3 Å². The number of hydrogen-bond acceptors (Lipinski definition) is 6. The molecule has 7 heteroatoms. The zero-order chi connectivity index (χ0) is 13.7. The number of methoxy groups -OCH3 is 1. The zero-order valence-electron chi connectivity index (χ0n) is 10.8. The number of hydrogen-bond donors (Lipinski definition) is 1. The Kier molecular flexibility index (Phi) is 4.19.